The molecular formula is C28H34N4O3. The Hall–Kier alpha value is -3.61. The maximum atomic E-state index is 13.2. The molecule has 0 unspecified atom stereocenters. The number of imidazole rings is 1. The lowest BCUT2D eigenvalue weighted by atomic mass is 10.1. The number of nitrogens with zero attached hydrogens (tertiary/aromatic N) is 3. The molecular weight excluding hydrogens is 440 g/mol. The molecule has 35 heavy (non-hydrogen) atoms. The van der Waals surface area contributed by atoms with Gasteiger partial charge in [0.25, 0.3) is 0 Å². The molecule has 2 aromatic carbocycles. The van der Waals surface area contributed by atoms with Crippen LogP contribution in [-0.4, -0.2) is 45.5 Å². The summed E-state index contributed by atoms with van der Waals surface area (Å²) in [6.07, 6.45) is 5.87. The molecule has 1 heterocycles. The molecule has 7 nitrogen and oxygen atoms in total. The van der Waals surface area contributed by atoms with Crippen molar-refractivity contribution in [2.75, 3.05) is 18.5 Å². The van der Waals surface area contributed by atoms with Crippen LogP contribution in [0, 0.1) is 5.92 Å². The second-order valence-corrected chi connectivity index (χ2v) is 9.21. The zero-order valence-electron chi connectivity index (χ0n) is 20.7. The SMILES string of the molecule is CCOc1cccc(-n2cc(-c3ccccc3)nc2NC(=O)CN(C(=O)C2CCCC2)C(C)C)c1. The van der Waals surface area contributed by atoms with Gasteiger partial charge in [-0.25, -0.2) is 4.98 Å². The molecule has 0 saturated heterocycles. The first-order valence-corrected chi connectivity index (χ1v) is 12.4. The Bertz CT molecular complexity index is 1150. The summed E-state index contributed by atoms with van der Waals surface area (Å²) in [6, 6.07) is 17.4. The van der Waals surface area contributed by atoms with Crippen LogP contribution in [0.25, 0.3) is 16.9 Å². The molecule has 1 aliphatic carbocycles. The molecule has 1 N–H and O–H groups in total. The van der Waals surface area contributed by atoms with Crippen molar-refractivity contribution in [3.8, 4) is 22.7 Å². The van der Waals surface area contributed by atoms with Gasteiger partial charge in [-0.15, -0.1) is 0 Å². The summed E-state index contributed by atoms with van der Waals surface area (Å²) in [4.78, 5) is 32.6. The summed E-state index contributed by atoms with van der Waals surface area (Å²) in [5.74, 6) is 0.978. The number of anilines is 1. The quantitative estimate of drug-likeness (QED) is 0.456. The highest BCUT2D eigenvalue weighted by Gasteiger charge is 2.30. The molecule has 0 bridgehead atoms. The van der Waals surface area contributed by atoms with Gasteiger partial charge in [0.1, 0.15) is 12.3 Å². The molecule has 3 aromatic rings. The third-order valence-electron chi connectivity index (χ3n) is 6.36. The van der Waals surface area contributed by atoms with Crippen molar-refractivity contribution in [2.45, 2.75) is 52.5 Å². The minimum atomic E-state index is -0.266. The first kappa shape index (κ1) is 24.5. The molecule has 184 valence electrons. The minimum absolute atomic E-state index is 0.000480. The fourth-order valence-corrected chi connectivity index (χ4v) is 4.54. The first-order valence-electron chi connectivity index (χ1n) is 12.4. The van der Waals surface area contributed by atoms with Crippen molar-refractivity contribution in [2.24, 2.45) is 5.92 Å². The molecule has 7 heteroatoms. The smallest absolute Gasteiger partial charge is 0.246 e. The van der Waals surface area contributed by atoms with E-state index in [1.165, 1.54) is 0 Å². The van der Waals surface area contributed by atoms with Crippen LogP contribution in [0.1, 0.15) is 46.5 Å². The van der Waals surface area contributed by atoms with Crippen molar-refractivity contribution in [1.82, 2.24) is 14.5 Å². The van der Waals surface area contributed by atoms with E-state index in [1.807, 2.05) is 86.1 Å². The van der Waals surface area contributed by atoms with Gasteiger partial charge in [-0.2, -0.15) is 0 Å². The summed E-state index contributed by atoms with van der Waals surface area (Å²) < 4.78 is 7.52. The Labute approximate surface area is 207 Å². The second-order valence-electron chi connectivity index (χ2n) is 9.21. The molecule has 0 aliphatic heterocycles. The predicted octanol–water partition coefficient (Wildman–Crippen LogP) is 5.30. The van der Waals surface area contributed by atoms with E-state index in [0.717, 1.165) is 48.4 Å². The number of aromatic nitrogens is 2. The molecule has 1 aliphatic rings. The highest BCUT2D eigenvalue weighted by Crippen LogP contribution is 2.28. The number of benzene rings is 2. The van der Waals surface area contributed by atoms with Crippen LogP contribution in [0.4, 0.5) is 5.95 Å². The Morgan fingerprint density at radius 2 is 1.86 bits per heavy atom. The van der Waals surface area contributed by atoms with E-state index in [9.17, 15) is 9.59 Å². The molecule has 1 saturated carbocycles. The average Bonchev–Trinajstić information content (AvgIpc) is 3.54. The Balaban J connectivity index is 1.61. The number of nitrogens with one attached hydrogen (secondary N) is 1. The van der Waals surface area contributed by atoms with Crippen molar-refractivity contribution in [3.63, 3.8) is 0 Å². The number of carbonyl (C=O) groups excluding carboxylic acids is 2. The fraction of sp³-hybridized carbons (Fsp3) is 0.393. The van der Waals surface area contributed by atoms with Gasteiger partial charge in [0.2, 0.25) is 17.8 Å². The van der Waals surface area contributed by atoms with Gasteiger partial charge in [-0.3, -0.25) is 19.5 Å². The third-order valence-corrected chi connectivity index (χ3v) is 6.36. The van der Waals surface area contributed by atoms with E-state index >= 15 is 0 Å². The highest BCUT2D eigenvalue weighted by atomic mass is 16.5. The van der Waals surface area contributed by atoms with Crippen LogP contribution in [0.15, 0.2) is 60.8 Å². The predicted molar refractivity (Wildman–Crippen MR) is 138 cm³/mol. The minimum Gasteiger partial charge on any atom is -0.494 e. The number of rotatable bonds is 9. The molecule has 2 amide bonds. The van der Waals surface area contributed by atoms with Crippen LogP contribution < -0.4 is 10.1 Å². The van der Waals surface area contributed by atoms with Gasteiger partial charge < -0.3 is 9.64 Å². The van der Waals surface area contributed by atoms with E-state index in [2.05, 4.69) is 5.32 Å². The number of hydrogen-bond donors (Lipinski definition) is 1. The lowest BCUT2D eigenvalue weighted by molar-refractivity contribution is -0.140. The second kappa shape index (κ2) is 11.2. The van der Waals surface area contributed by atoms with Gasteiger partial charge in [-0.05, 0) is 45.7 Å². The number of carbonyl (C=O) groups is 2. The van der Waals surface area contributed by atoms with E-state index in [1.54, 1.807) is 4.90 Å². The molecule has 0 atom stereocenters. The number of ether oxygens (including phenoxy) is 1. The number of amides is 2. The fourth-order valence-electron chi connectivity index (χ4n) is 4.54. The van der Waals surface area contributed by atoms with E-state index in [-0.39, 0.29) is 30.3 Å². The van der Waals surface area contributed by atoms with Crippen LogP contribution in [0.3, 0.4) is 0 Å². The maximum Gasteiger partial charge on any atom is 0.246 e. The molecule has 0 radical (unpaired) electrons. The summed E-state index contributed by atoms with van der Waals surface area (Å²) in [7, 11) is 0. The summed E-state index contributed by atoms with van der Waals surface area (Å²) >= 11 is 0. The first-order chi connectivity index (χ1) is 17.0. The van der Waals surface area contributed by atoms with Crippen molar-refractivity contribution in [1.29, 1.82) is 0 Å². The molecule has 0 spiro atoms. The number of hydrogen-bond acceptors (Lipinski definition) is 4. The molecule has 4 rings (SSSR count). The standard InChI is InChI=1S/C28H34N4O3/c1-4-35-24-16-10-15-23(17-24)32-18-25(21-11-6-5-7-12-21)29-28(32)30-26(33)19-31(20(2)3)27(34)22-13-8-9-14-22/h5-7,10-12,15-18,20,22H,4,8-9,13-14,19H2,1-3H3,(H,29,30,33). The van der Waals surface area contributed by atoms with Crippen molar-refractivity contribution >= 4 is 17.8 Å². The summed E-state index contributed by atoms with van der Waals surface area (Å²) in [5, 5.41) is 2.96. The van der Waals surface area contributed by atoms with E-state index < -0.39 is 0 Å². The van der Waals surface area contributed by atoms with E-state index in [0.29, 0.717) is 12.6 Å². The maximum absolute atomic E-state index is 13.2. The lowest BCUT2D eigenvalue weighted by Crippen LogP contribution is -2.45. The zero-order chi connectivity index (χ0) is 24.8. The van der Waals surface area contributed by atoms with Gasteiger partial charge >= 0.3 is 0 Å². The zero-order valence-corrected chi connectivity index (χ0v) is 20.7. The Morgan fingerprint density at radius 3 is 2.54 bits per heavy atom. The third kappa shape index (κ3) is 5.91. The van der Waals surface area contributed by atoms with Crippen LogP contribution >= 0.6 is 0 Å². The lowest BCUT2D eigenvalue weighted by Gasteiger charge is -2.28. The normalized spacial score (nSPS) is 13.7. The largest absolute Gasteiger partial charge is 0.494 e. The van der Waals surface area contributed by atoms with Gasteiger partial charge in [-0.1, -0.05) is 49.2 Å². The topological polar surface area (TPSA) is 76.5 Å². The Morgan fingerprint density at radius 1 is 1.11 bits per heavy atom. The summed E-state index contributed by atoms with van der Waals surface area (Å²) in [5.41, 5.74) is 2.51. The van der Waals surface area contributed by atoms with Crippen LogP contribution in [0.2, 0.25) is 0 Å². The van der Waals surface area contributed by atoms with Crippen molar-refractivity contribution in [3.05, 3.63) is 60.8 Å². The summed E-state index contributed by atoms with van der Waals surface area (Å²) in [6.45, 7) is 6.41. The van der Waals surface area contributed by atoms with Gasteiger partial charge in [0, 0.05) is 29.8 Å². The van der Waals surface area contributed by atoms with Gasteiger partial charge in [0.15, 0.2) is 0 Å². The molecule has 1 fully saturated rings. The van der Waals surface area contributed by atoms with Gasteiger partial charge in [0.05, 0.1) is 18.0 Å². The monoisotopic (exact) mass is 474 g/mol. The molecule has 1 aromatic heterocycles. The van der Waals surface area contributed by atoms with Crippen LogP contribution in [-0.2, 0) is 9.59 Å². The average molecular weight is 475 g/mol. The highest BCUT2D eigenvalue weighted by molar-refractivity contribution is 5.94. The Kier molecular flexibility index (Phi) is 7.85. The van der Waals surface area contributed by atoms with Crippen LogP contribution in [0.5, 0.6) is 5.75 Å². The van der Waals surface area contributed by atoms with Crippen molar-refractivity contribution < 1.29 is 14.3 Å². The van der Waals surface area contributed by atoms with E-state index in [4.69, 9.17) is 9.72 Å².